The van der Waals surface area contributed by atoms with E-state index in [-0.39, 0.29) is 5.57 Å². The van der Waals surface area contributed by atoms with Gasteiger partial charge < -0.3 is 14.8 Å². The summed E-state index contributed by atoms with van der Waals surface area (Å²) in [5, 5.41) is 12.8. The molecule has 0 saturated heterocycles. The van der Waals surface area contributed by atoms with Gasteiger partial charge in [0.1, 0.15) is 18.2 Å². The van der Waals surface area contributed by atoms with Crippen molar-refractivity contribution in [2.75, 3.05) is 12.4 Å². The van der Waals surface area contributed by atoms with Gasteiger partial charge in [-0.3, -0.25) is 4.79 Å². The Labute approximate surface area is 205 Å². The Kier molecular flexibility index (Phi) is 8.14. The van der Waals surface area contributed by atoms with Crippen LogP contribution in [-0.2, 0) is 11.4 Å². The van der Waals surface area contributed by atoms with Crippen LogP contribution in [0.15, 0.2) is 66.2 Å². The molecule has 0 aliphatic heterocycles. The van der Waals surface area contributed by atoms with Crippen LogP contribution in [0.3, 0.4) is 0 Å². The van der Waals surface area contributed by atoms with E-state index in [0.717, 1.165) is 14.7 Å². The predicted molar refractivity (Wildman–Crippen MR) is 135 cm³/mol. The number of benzene rings is 3. The molecule has 0 fully saturated rings. The molecule has 1 N–H and O–H groups in total. The van der Waals surface area contributed by atoms with Crippen LogP contribution < -0.4 is 14.8 Å². The molecule has 7 heteroatoms. The lowest BCUT2D eigenvalue weighted by atomic mass is 10.1. The number of methoxy groups -OCH3 is 1. The van der Waals surface area contributed by atoms with Crippen LogP contribution >= 0.6 is 34.2 Å². The number of halogens is 2. The minimum Gasteiger partial charge on any atom is -0.493 e. The number of amides is 1. The van der Waals surface area contributed by atoms with Crippen LogP contribution in [0.4, 0.5) is 5.69 Å². The lowest BCUT2D eigenvalue weighted by Crippen LogP contribution is -2.13. The molecule has 3 aromatic carbocycles. The number of nitrogens with one attached hydrogen (secondary N) is 1. The van der Waals surface area contributed by atoms with Crippen molar-refractivity contribution in [3.05, 3.63) is 91.5 Å². The van der Waals surface area contributed by atoms with Gasteiger partial charge in [0.05, 0.1) is 10.7 Å². The Morgan fingerprint density at radius 3 is 2.56 bits per heavy atom. The zero-order valence-electron chi connectivity index (χ0n) is 17.5. The van der Waals surface area contributed by atoms with Crippen molar-refractivity contribution in [1.82, 2.24) is 0 Å². The number of ether oxygens (including phenoxy) is 2. The minimum atomic E-state index is -0.510. The van der Waals surface area contributed by atoms with Crippen molar-refractivity contribution in [2.45, 2.75) is 13.5 Å². The number of hydrogen-bond donors (Lipinski definition) is 1. The maximum absolute atomic E-state index is 12.5. The van der Waals surface area contributed by atoms with Crippen molar-refractivity contribution in [3.8, 4) is 17.6 Å². The van der Waals surface area contributed by atoms with E-state index >= 15 is 0 Å². The molecule has 0 aromatic heterocycles. The molecule has 5 nitrogen and oxygen atoms in total. The van der Waals surface area contributed by atoms with Crippen LogP contribution in [0.1, 0.15) is 16.7 Å². The van der Waals surface area contributed by atoms with E-state index in [1.54, 1.807) is 37.4 Å². The summed E-state index contributed by atoms with van der Waals surface area (Å²) in [4.78, 5) is 12.5. The Morgan fingerprint density at radius 1 is 1.19 bits per heavy atom. The third-order valence-corrected chi connectivity index (χ3v) is 5.72. The molecule has 0 heterocycles. The van der Waals surface area contributed by atoms with E-state index in [1.165, 1.54) is 6.08 Å². The van der Waals surface area contributed by atoms with Gasteiger partial charge in [0.2, 0.25) is 0 Å². The fraction of sp³-hybridized carbons (Fsp3) is 0.120. The van der Waals surface area contributed by atoms with E-state index in [2.05, 4.69) is 27.9 Å². The SMILES string of the molecule is COc1cc(/C=C(\C#N)C(=O)Nc2ccc(Cl)cc2)cc(I)c1OCc1ccccc1C. The van der Waals surface area contributed by atoms with E-state index in [4.69, 9.17) is 21.1 Å². The van der Waals surface area contributed by atoms with Crippen LogP contribution in [0.25, 0.3) is 6.08 Å². The average molecular weight is 559 g/mol. The molecule has 32 heavy (non-hydrogen) atoms. The third-order valence-electron chi connectivity index (χ3n) is 4.66. The van der Waals surface area contributed by atoms with Gasteiger partial charge in [-0.1, -0.05) is 35.9 Å². The topological polar surface area (TPSA) is 71.3 Å². The Balaban J connectivity index is 1.82. The molecule has 0 spiro atoms. The van der Waals surface area contributed by atoms with Gasteiger partial charge in [0.15, 0.2) is 11.5 Å². The first kappa shape index (κ1) is 23.6. The molecular formula is C25H20ClIN2O3. The minimum absolute atomic E-state index is 0.0358. The van der Waals surface area contributed by atoms with Gasteiger partial charge in [0.25, 0.3) is 5.91 Å². The van der Waals surface area contributed by atoms with Crippen molar-refractivity contribution in [1.29, 1.82) is 5.26 Å². The van der Waals surface area contributed by atoms with Crippen LogP contribution in [-0.4, -0.2) is 13.0 Å². The van der Waals surface area contributed by atoms with Crippen LogP contribution in [0.2, 0.25) is 5.02 Å². The van der Waals surface area contributed by atoms with Gasteiger partial charge in [-0.2, -0.15) is 5.26 Å². The largest absolute Gasteiger partial charge is 0.493 e. The highest BCUT2D eigenvalue weighted by Crippen LogP contribution is 2.35. The molecule has 3 aromatic rings. The molecule has 0 aliphatic rings. The molecule has 1 amide bonds. The maximum atomic E-state index is 12.5. The highest BCUT2D eigenvalue weighted by Gasteiger charge is 2.14. The molecular weight excluding hydrogens is 539 g/mol. The Morgan fingerprint density at radius 2 is 1.91 bits per heavy atom. The molecule has 0 aliphatic carbocycles. The zero-order chi connectivity index (χ0) is 23.1. The van der Waals surface area contributed by atoms with E-state index in [1.807, 2.05) is 43.3 Å². The monoisotopic (exact) mass is 558 g/mol. The van der Waals surface area contributed by atoms with Crippen molar-refractivity contribution in [2.24, 2.45) is 0 Å². The predicted octanol–water partition coefficient (Wildman–Crippen LogP) is 6.39. The second kappa shape index (κ2) is 11.0. The Hall–Kier alpha value is -3.02. The molecule has 0 atom stereocenters. The second-order valence-electron chi connectivity index (χ2n) is 6.88. The maximum Gasteiger partial charge on any atom is 0.266 e. The van der Waals surface area contributed by atoms with E-state index < -0.39 is 5.91 Å². The summed E-state index contributed by atoms with van der Waals surface area (Å²) in [6.07, 6.45) is 1.51. The summed E-state index contributed by atoms with van der Waals surface area (Å²) < 4.78 is 12.4. The van der Waals surface area contributed by atoms with E-state index in [0.29, 0.717) is 34.4 Å². The lowest BCUT2D eigenvalue weighted by Gasteiger charge is -2.15. The summed E-state index contributed by atoms with van der Waals surface area (Å²) in [6.45, 7) is 2.44. The van der Waals surface area contributed by atoms with Gasteiger partial charge in [0, 0.05) is 10.7 Å². The Bertz CT molecular complexity index is 1200. The average Bonchev–Trinajstić information content (AvgIpc) is 2.78. The van der Waals surface area contributed by atoms with Crippen LogP contribution in [0.5, 0.6) is 11.5 Å². The number of aryl methyl sites for hydroxylation is 1. The van der Waals surface area contributed by atoms with Crippen LogP contribution in [0, 0.1) is 21.8 Å². The van der Waals surface area contributed by atoms with Gasteiger partial charge in [-0.25, -0.2) is 0 Å². The molecule has 162 valence electrons. The number of carbonyl (C=O) groups is 1. The van der Waals surface area contributed by atoms with Crippen molar-refractivity contribution >= 4 is 51.9 Å². The number of nitriles is 1. The van der Waals surface area contributed by atoms with Gasteiger partial charge in [-0.05, 0) is 88.7 Å². The molecule has 0 bridgehead atoms. The highest BCUT2D eigenvalue weighted by atomic mass is 127. The summed E-state index contributed by atoms with van der Waals surface area (Å²) in [7, 11) is 1.55. The smallest absolute Gasteiger partial charge is 0.266 e. The molecule has 0 radical (unpaired) electrons. The highest BCUT2D eigenvalue weighted by molar-refractivity contribution is 14.1. The first-order valence-electron chi connectivity index (χ1n) is 9.65. The third kappa shape index (κ3) is 6.02. The summed E-state index contributed by atoms with van der Waals surface area (Å²) >= 11 is 8.02. The number of nitrogens with zero attached hydrogens (tertiary/aromatic N) is 1. The summed E-state index contributed by atoms with van der Waals surface area (Å²) in [6, 6.07) is 20.2. The van der Waals surface area contributed by atoms with Crippen molar-refractivity contribution < 1.29 is 14.3 Å². The zero-order valence-corrected chi connectivity index (χ0v) is 20.4. The number of carbonyl (C=O) groups excluding carboxylic acids is 1. The molecule has 3 rings (SSSR count). The second-order valence-corrected chi connectivity index (χ2v) is 8.48. The first-order valence-corrected chi connectivity index (χ1v) is 11.1. The summed E-state index contributed by atoms with van der Waals surface area (Å²) in [5.41, 5.74) is 3.39. The first-order chi connectivity index (χ1) is 15.4. The fourth-order valence-electron chi connectivity index (χ4n) is 2.93. The normalized spacial score (nSPS) is 10.9. The quantitative estimate of drug-likeness (QED) is 0.207. The fourth-order valence-corrected chi connectivity index (χ4v) is 3.84. The standard InChI is InChI=1S/C25H20ClIN2O3/c1-16-5-3-4-6-18(16)15-32-24-22(27)12-17(13-23(24)31-2)11-19(14-28)25(30)29-21-9-7-20(26)8-10-21/h3-13H,15H2,1-2H3,(H,29,30)/b19-11+. The van der Waals surface area contributed by atoms with E-state index in [9.17, 15) is 10.1 Å². The van der Waals surface area contributed by atoms with Gasteiger partial charge >= 0.3 is 0 Å². The number of anilines is 1. The number of rotatable bonds is 7. The lowest BCUT2D eigenvalue weighted by molar-refractivity contribution is -0.112. The van der Waals surface area contributed by atoms with Crippen molar-refractivity contribution in [3.63, 3.8) is 0 Å². The number of hydrogen-bond acceptors (Lipinski definition) is 4. The molecule has 0 saturated carbocycles. The summed E-state index contributed by atoms with van der Waals surface area (Å²) in [5.74, 6) is 0.619. The van der Waals surface area contributed by atoms with Gasteiger partial charge in [-0.15, -0.1) is 0 Å². The molecule has 0 unspecified atom stereocenters.